The van der Waals surface area contributed by atoms with Crippen molar-refractivity contribution >= 4 is 34.7 Å². The number of carbonyl (C=O) groups is 2. The number of aromatic nitrogens is 4. The topological polar surface area (TPSA) is 123 Å². The summed E-state index contributed by atoms with van der Waals surface area (Å²) in [4.78, 5) is 32.5. The maximum atomic E-state index is 15.0. The lowest BCUT2D eigenvalue weighted by Gasteiger charge is -2.15. The third-order valence-corrected chi connectivity index (χ3v) is 6.60. The van der Waals surface area contributed by atoms with Crippen molar-refractivity contribution in [1.82, 2.24) is 25.1 Å². The molecule has 0 unspecified atom stereocenters. The summed E-state index contributed by atoms with van der Waals surface area (Å²) in [6.07, 6.45) is 3.79. The van der Waals surface area contributed by atoms with Crippen LogP contribution in [0.3, 0.4) is 0 Å². The molecule has 0 bridgehead atoms. The van der Waals surface area contributed by atoms with Gasteiger partial charge in [-0.2, -0.15) is 5.10 Å². The maximum absolute atomic E-state index is 15.0. The van der Waals surface area contributed by atoms with Crippen LogP contribution in [0.1, 0.15) is 62.3 Å². The lowest BCUT2D eigenvalue weighted by molar-refractivity contribution is 0.111. The van der Waals surface area contributed by atoms with Gasteiger partial charge in [0.2, 0.25) is 0 Å². The van der Waals surface area contributed by atoms with Crippen molar-refractivity contribution < 1.29 is 18.7 Å². The number of halogens is 1. The summed E-state index contributed by atoms with van der Waals surface area (Å²) < 4.78 is 22.3. The number of urea groups is 1. The van der Waals surface area contributed by atoms with Crippen LogP contribution in [0.25, 0.3) is 16.6 Å². The molecule has 3 N–H and O–H groups in total. The van der Waals surface area contributed by atoms with Gasteiger partial charge < -0.3 is 15.4 Å². The predicted octanol–water partition coefficient (Wildman–Crippen LogP) is 7.46. The zero-order chi connectivity index (χ0) is 32.7. The van der Waals surface area contributed by atoms with Crippen molar-refractivity contribution in [2.45, 2.75) is 46.0 Å². The molecule has 5 aromatic rings. The zero-order valence-electron chi connectivity index (χ0n) is 26.5. The van der Waals surface area contributed by atoms with E-state index in [9.17, 15) is 14.0 Å². The second-order valence-electron chi connectivity index (χ2n) is 11.7. The molecular weight excluding hydrogens is 573 g/mol. The predicted molar refractivity (Wildman–Crippen MR) is 175 cm³/mol. The molecule has 2 aromatic carbocycles. The Morgan fingerprint density at radius 1 is 0.956 bits per heavy atom. The molecule has 10 nitrogen and oxygen atoms in total. The van der Waals surface area contributed by atoms with Crippen LogP contribution in [-0.4, -0.2) is 46.2 Å². The number of nitrogens with one attached hydrogen (secondary N) is 3. The van der Waals surface area contributed by atoms with Crippen molar-refractivity contribution in [3.8, 4) is 17.2 Å². The van der Waals surface area contributed by atoms with Crippen LogP contribution in [0.2, 0.25) is 0 Å². The molecule has 0 radical (unpaired) electrons. The molecule has 0 saturated heterocycles. The van der Waals surface area contributed by atoms with Crippen LogP contribution in [0.15, 0.2) is 73.1 Å². The normalized spacial score (nSPS) is 11.1. The number of fused-ring (bicyclic) bond motifs is 1. The number of anilines is 2. The Labute approximate surface area is 262 Å². The Balaban J connectivity index is 0.00000148. The van der Waals surface area contributed by atoms with Gasteiger partial charge in [0.05, 0.1) is 22.6 Å². The molecule has 3 heterocycles. The summed E-state index contributed by atoms with van der Waals surface area (Å²) >= 11 is 0. The summed E-state index contributed by atoms with van der Waals surface area (Å²) in [6, 6.07) is 16.1. The third-order valence-electron chi connectivity index (χ3n) is 6.60. The molecule has 0 atom stereocenters. The average Bonchev–Trinajstić information content (AvgIpc) is 3.43. The van der Waals surface area contributed by atoms with Crippen molar-refractivity contribution in [2.24, 2.45) is 0 Å². The SMILES string of the molecule is CC(C)c1cc(-n2nc(C(C)(C)C)cc2NC(=O)Nc2ccc(Oc3ccnc(C=O)c3)cc2F)cc2cccnc12.CNC. The number of nitrogens with zero attached hydrogens (tertiary/aromatic N) is 4. The molecule has 0 spiro atoms. The van der Waals surface area contributed by atoms with E-state index in [1.54, 1.807) is 16.9 Å². The van der Waals surface area contributed by atoms with Gasteiger partial charge in [0, 0.05) is 41.4 Å². The average molecular weight is 612 g/mol. The smallest absolute Gasteiger partial charge is 0.324 e. The van der Waals surface area contributed by atoms with Gasteiger partial charge in [-0.3, -0.25) is 20.1 Å². The van der Waals surface area contributed by atoms with Gasteiger partial charge in [-0.05, 0) is 62.0 Å². The minimum absolute atomic E-state index is 0.0378. The number of carbonyl (C=O) groups excluding carboxylic acids is 2. The number of hydrogen-bond acceptors (Lipinski definition) is 7. The van der Waals surface area contributed by atoms with E-state index in [4.69, 9.17) is 9.84 Å². The molecule has 5 rings (SSSR count). The van der Waals surface area contributed by atoms with E-state index in [1.165, 1.54) is 24.4 Å². The highest BCUT2D eigenvalue weighted by molar-refractivity contribution is 5.99. The number of amides is 2. The highest BCUT2D eigenvalue weighted by Gasteiger charge is 2.23. The molecule has 2 amide bonds. The molecular formula is C34H38FN7O3. The lowest BCUT2D eigenvalue weighted by atomic mass is 9.92. The molecule has 11 heteroatoms. The van der Waals surface area contributed by atoms with Gasteiger partial charge in [-0.25, -0.2) is 13.9 Å². The van der Waals surface area contributed by atoms with Gasteiger partial charge in [0.25, 0.3) is 0 Å². The van der Waals surface area contributed by atoms with Gasteiger partial charge in [0.15, 0.2) is 6.29 Å². The Morgan fingerprint density at radius 2 is 1.69 bits per heavy atom. The number of aldehydes is 1. The first-order valence-electron chi connectivity index (χ1n) is 14.5. The minimum atomic E-state index is -0.695. The number of pyridine rings is 2. The maximum Gasteiger partial charge on any atom is 0.324 e. The molecule has 0 saturated carbocycles. The molecule has 0 aliphatic heterocycles. The van der Waals surface area contributed by atoms with Crippen molar-refractivity contribution in [3.05, 3.63) is 95.8 Å². The van der Waals surface area contributed by atoms with E-state index < -0.39 is 11.8 Å². The number of ether oxygens (including phenoxy) is 1. The highest BCUT2D eigenvalue weighted by Crippen LogP contribution is 2.31. The van der Waals surface area contributed by atoms with Crippen molar-refractivity contribution in [2.75, 3.05) is 24.7 Å². The summed E-state index contributed by atoms with van der Waals surface area (Å²) in [6.45, 7) is 10.3. The summed E-state index contributed by atoms with van der Waals surface area (Å²) in [7, 11) is 3.75. The molecule has 45 heavy (non-hydrogen) atoms. The van der Waals surface area contributed by atoms with Crippen LogP contribution in [0.5, 0.6) is 11.5 Å². The van der Waals surface area contributed by atoms with Gasteiger partial charge >= 0.3 is 6.03 Å². The van der Waals surface area contributed by atoms with Gasteiger partial charge in [-0.1, -0.05) is 40.7 Å². The van der Waals surface area contributed by atoms with Crippen LogP contribution in [0, 0.1) is 5.82 Å². The third kappa shape index (κ3) is 8.07. The fourth-order valence-electron chi connectivity index (χ4n) is 4.42. The van der Waals surface area contributed by atoms with Crippen LogP contribution in [0.4, 0.5) is 20.7 Å². The van der Waals surface area contributed by atoms with Crippen LogP contribution < -0.4 is 20.7 Å². The van der Waals surface area contributed by atoms with E-state index in [2.05, 4.69) is 39.8 Å². The van der Waals surface area contributed by atoms with Gasteiger partial charge in [0.1, 0.15) is 28.8 Å². The van der Waals surface area contributed by atoms with Crippen LogP contribution in [-0.2, 0) is 5.41 Å². The fraction of sp³-hybridized carbons (Fsp3) is 0.265. The monoisotopic (exact) mass is 611 g/mol. The quantitative estimate of drug-likeness (QED) is 0.163. The lowest BCUT2D eigenvalue weighted by Crippen LogP contribution is -2.22. The van der Waals surface area contributed by atoms with E-state index >= 15 is 0 Å². The van der Waals surface area contributed by atoms with E-state index in [1.807, 2.05) is 65.2 Å². The zero-order valence-corrected chi connectivity index (χ0v) is 26.5. The Hall–Kier alpha value is -5.16. The Kier molecular flexibility index (Phi) is 10.2. The van der Waals surface area contributed by atoms with E-state index in [-0.39, 0.29) is 28.5 Å². The highest BCUT2D eigenvalue weighted by atomic mass is 19.1. The first kappa shape index (κ1) is 32.7. The minimum Gasteiger partial charge on any atom is -0.457 e. The molecule has 0 aliphatic rings. The van der Waals surface area contributed by atoms with E-state index in [0.29, 0.717) is 17.9 Å². The first-order chi connectivity index (χ1) is 21.4. The molecule has 234 valence electrons. The summed E-state index contributed by atoms with van der Waals surface area (Å²) in [5.41, 5.74) is 3.39. The standard InChI is InChI=1S/C32H31FN6O3.C2H7N/c1-19(2)25-15-22(13-20-7-6-11-35-30(20)25)39-29(17-28(38-39)32(3,4)5)37-31(41)36-27-9-8-23(16-26(27)33)42-24-10-12-34-21(14-24)18-40;1-3-2/h6-19H,1-5H3,(H2,36,37,41);3H,1-2H3. The second kappa shape index (κ2) is 14.1. The van der Waals surface area contributed by atoms with Gasteiger partial charge in [-0.15, -0.1) is 0 Å². The van der Waals surface area contributed by atoms with Crippen molar-refractivity contribution in [3.63, 3.8) is 0 Å². The van der Waals surface area contributed by atoms with E-state index in [0.717, 1.165) is 33.9 Å². The number of benzene rings is 2. The molecule has 0 fully saturated rings. The van der Waals surface area contributed by atoms with Crippen LogP contribution >= 0.6 is 0 Å². The number of hydrogen-bond donors (Lipinski definition) is 3. The van der Waals surface area contributed by atoms with Crippen molar-refractivity contribution in [1.29, 1.82) is 0 Å². The fourth-order valence-corrected chi connectivity index (χ4v) is 4.42. The summed E-state index contributed by atoms with van der Waals surface area (Å²) in [5, 5.41) is 13.9. The molecule has 3 aromatic heterocycles. The molecule has 0 aliphatic carbocycles. The first-order valence-corrected chi connectivity index (χ1v) is 14.5. The number of rotatable bonds is 7. The summed E-state index contributed by atoms with van der Waals surface area (Å²) in [5.74, 6) is 0.471. The Morgan fingerprint density at radius 3 is 2.36 bits per heavy atom. The Bertz CT molecular complexity index is 1810. The largest absolute Gasteiger partial charge is 0.457 e. The second-order valence-corrected chi connectivity index (χ2v) is 11.7.